The second-order valence-electron chi connectivity index (χ2n) is 10.2. The van der Waals surface area contributed by atoms with Gasteiger partial charge in [-0.2, -0.15) is 0 Å². The van der Waals surface area contributed by atoms with Crippen LogP contribution in [0, 0.1) is 6.92 Å². The number of hydrogen-bond donors (Lipinski definition) is 2. The number of rotatable bonds is 4. The quantitative estimate of drug-likeness (QED) is 0.486. The molecule has 3 aliphatic heterocycles. The van der Waals surface area contributed by atoms with E-state index in [1.54, 1.807) is 41.7 Å². The van der Waals surface area contributed by atoms with Gasteiger partial charge in [-0.25, -0.2) is 4.98 Å². The number of benzene rings is 2. The molecule has 41 heavy (non-hydrogen) atoms. The molecule has 3 amide bonds. The van der Waals surface area contributed by atoms with E-state index in [9.17, 15) is 14.4 Å². The van der Waals surface area contributed by atoms with Gasteiger partial charge in [-0.1, -0.05) is 13.0 Å². The van der Waals surface area contributed by atoms with E-state index in [-0.39, 0.29) is 37.4 Å². The van der Waals surface area contributed by atoms with Gasteiger partial charge in [0.2, 0.25) is 0 Å². The molecule has 3 aliphatic rings. The summed E-state index contributed by atoms with van der Waals surface area (Å²) in [6.45, 7) is 4.71. The second kappa shape index (κ2) is 12.6. The Hall–Kier alpha value is -4.12. The first kappa shape index (κ1) is 28.4. The van der Waals surface area contributed by atoms with Crippen LogP contribution in [0.2, 0.25) is 0 Å². The average Bonchev–Trinajstić information content (AvgIpc) is 3.44. The minimum Gasteiger partial charge on any atom is -0.496 e. The van der Waals surface area contributed by atoms with Gasteiger partial charge in [-0.05, 0) is 49.6 Å². The molecule has 4 heterocycles. The molecular formula is C30H34N4O6S. The number of ether oxygens (including phenoxy) is 3. The van der Waals surface area contributed by atoms with Crippen molar-refractivity contribution in [1.82, 2.24) is 20.5 Å². The van der Waals surface area contributed by atoms with Gasteiger partial charge in [0, 0.05) is 48.6 Å². The summed E-state index contributed by atoms with van der Waals surface area (Å²) in [5.41, 5.74) is 2.39. The van der Waals surface area contributed by atoms with Crippen LogP contribution in [-0.4, -0.2) is 66.6 Å². The molecule has 2 atom stereocenters. The van der Waals surface area contributed by atoms with E-state index < -0.39 is 12.1 Å². The van der Waals surface area contributed by atoms with Crippen molar-refractivity contribution < 1.29 is 28.6 Å². The molecule has 1 saturated heterocycles. The zero-order valence-corrected chi connectivity index (χ0v) is 24.2. The van der Waals surface area contributed by atoms with Gasteiger partial charge in [0.1, 0.15) is 29.0 Å². The van der Waals surface area contributed by atoms with Crippen LogP contribution in [0.25, 0.3) is 0 Å². The lowest BCUT2D eigenvalue weighted by Gasteiger charge is -2.38. The van der Waals surface area contributed by atoms with Crippen LogP contribution in [0.5, 0.6) is 17.2 Å². The number of methoxy groups -OCH3 is 1. The number of aryl methyl sites for hydroxylation is 2. The average molecular weight is 579 g/mol. The lowest BCUT2D eigenvalue weighted by molar-refractivity contribution is -0.123. The predicted octanol–water partition coefficient (Wildman–Crippen LogP) is 3.51. The van der Waals surface area contributed by atoms with Crippen LogP contribution in [-0.2, 0) is 17.8 Å². The molecule has 2 aromatic carbocycles. The van der Waals surface area contributed by atoms with E-state index >= 15 is 0 Å². The Balaban J connectivity index is 1.44. The highest BCUT2D eigenvalue weighted by Gasteiger charge is 2.35. The maximum atomic E-state index is 13.5. The maximum Gasteiger partial charge on any atom is 0.273 e. The number of carbonyl (C=O) groups is 3. The highest BCUT2D eigenvalue weighted by Crippen LogP contribution is 2.28. The number of aromatic nitrogens is 1. The first-order valence-corrected chi connectivity index (χ1v) is 14.6. The molecule has 11 heteroatoms. The molecule has 1 aromatic heterocycles. The van der Waals surface area contributed by atoms with E-state index in [1.165, 1.54) is 11.3 Å². The summed E-state index contributed by atoms with van der Waals surface area (Å²) in [5, 5.41) is 8.67. The largest absolute Gasteiger partial charge is 0.496 e. The van der Waals surface area contributed by atoms with Gasteiger partial charge in [-0.15, -0.1) is 11.3 Å². The molecule has 0 radical (unpaired) electrons. The van der Waals surface area contributed by atoms with Crippen molar-refractivity contribution in [1.29, 1.82) is 0 Å². The molecule has 6 rings (SSSR count). The first-order valence-electron chi connectivity index (χ1n) is 13.7. The molecule has 2 N–H and O–H groups in total. The topological polar surface area (TPSA) is 119 Å². The van der Waals surface area contributed by atoms with Gasteiger partial charge < -0.3 is 29.7 Å². The fraction of sp³-hybridized carbons (Fsp3) is 0.400. The molecule has 0 aliphatic carbocycles. The van der Waals surface area contributed by atoms with E-state index in [0.717, 1.165) is 29.0 Å². The van der Waals surface area contributed by atoms with Crippen LogP contribution in [0.1, 0.15) is 56.7 Å². The smallest absolute Gasteiger partial charge is 0.273 e. The normalized spacial score (nSPS) is 19.2. The molecule has 4 bridgehead atoms. The summed E-state index contributed by atoms with van der Waals surface area (Å²) in [7, 11) is 1.56. The number of nitrogens with one attached hydrogen (secondary N) is 2. The Labute approximate surface area is 243 Å². The summed E-state index contributed by atoms with van der Waals surface area (Å²) in [5.74, 6) is 0.782. The number of amides is 3. The number of nitrogens with zero attached hydrogens (tertiary/aromatic N) is 2. The zero-order valence-electron chi connectivity index (χ0n) is 23.4. The van der Waals surface area contributed by atoms with E-state index in [1.807, 2.05) is 19.1 Å². The lowest BCUT2D eigenvalue weighted by Crippen LogP contribution is -2.58. The monoisotopic (exact) mass is 578 g/mol. The SMILES string of the molecule is CCCc1nc(C(=O)N2CC[C@H]3Oc4ccc(c(OC)c4)CNC(=O)COc4cc(ccc4C)C(=O)N[C@H]3C2)cs1. The van der Waals surface area contributed by atoms with Crippen LogP contribution < -0.4 is 24.8 Å². The standard InChI is InChI=1S/C30H34N4O6S/c1-4-5-28-32-23(17-41-28)30(37)34-11-10-24-22(15-34)33-29(36)19-7-6-18(2)25(12-19)39-16-27(35)31-14-20-8-9-21(40-24)13-26(20)38-3/h6-9,12-13,17,22,24H,4-5,10-11,14-16H2,1-3H3,(H,31,35)(H,33,36)/t22-,24+/m0/s1. The van der Waals surface area contributed by atoms with Crippen molar-refractivity contribution in [2.45, 2.75) is 51.8 Å². The van der Waals surface area contributed by atoms with Crippen molar-refractivity contribution in [3.05, 3.63) is 69.2 Å². The van der Waals surface area contributed by atoms with Gasteiger partial charge in [-0.3, -0.25) is 14.4 Å². The van der Waals surface area contributed by atoms with Crippen molar-refractivity contribution in [2.75, 3.05) is 26.8 Å². The van der Waals surface area contributed by atoms with Crippen molar-refractivity contribution in [3.8, 4) is 17.2 Å². The number of hydrogen-bond acceptors (Lipinski definition) is 8. The number of carbonyl (C=O) groups excluding carboxylic acids is 3. The Morgan fingerprint density at radius 3 is 2.88 bits per heavy atom. The molecule has 0 spiro atoms. The summed E-state index contributed by atoms with van der Waals surface area (Å²) >= 11 is 1.49. The third-order valence-electron chi connectivity index (χ3n) is 7.22. The maximum absolute atomic E-state index is 13.5. The van der Waals surface area contributed by atoms with Crippen LogP contribution in [0.3, 0.4) is 0 Å². The van der Waals surface area contributed by atoms with Crippen molar-refractivity contribution in [2.24, 2.45) is 0 Å². The number of piperidine rings is 1. The van der Waals surface area contributed by atoms with E-state index in [4.69, 9.17) is 14.2 Å². The van der Waals surface area contributed by atoms with Crippen molar-refractivity contribution in [3.63, 3.8) is 0 Å². The predicted molar refractivity (Wildman–Crippen MR) is 154 cm³/mol. The second-order valence-corrected chi connectivity index (χ2v) is 11.1. The van der Waals surface area contributed by atoms with Gasteiger partial charge >= 0.3 is 0 Å². The fourth-order valence-electron chi connectivity index (χ4n) is 4.95. The summed E-state index contributed by atoms with van der Waals surface area (Å²) in [4.78, 5) is 45.6. The number of thiazole rings is 1. The number of fused-ring (bicyclic) bond motifs is 7. The van der Waals surface area contributed by atoms with Crippen LogP contribution in [0.15, 0.2) is 41.8 Å². The molecule has 3 aromatic rings. The lowest BCUT2D eigenvalue weighted by atomic mass is 10.0. The first-order chi connectivity index (χ1) is 19.8. The zero-order chi connectivity index (χ0) is 28.9. The Kier molecular flexibility index (Phi) is 8.72. The van der Waals surface area contributed by atoms with Crippen molar-refractivity contribution >= 4 is 29.1 Å². The molecule has 0 unspecified atom stereocenters. The summed E-state index contributed by atoms with van der Waals surface area (Å²) in [6, 6.07) is 10.0. The fourth-order valence-corrected chi connectivity index (χ4v) is 5.82. The Morgan fingerprint density at radius 1 is 1.22 bits per heavy atom. The number of likely N-dealkylation sites (tertiary alicyclic amines) is 1. The Morgan fingerprint density at radius 2 is 2.07 bits per heavy atom. The van der Waals surface area contributed by atoms with Gasteiger partial charge in [0.15, 0.2) is 6.61 Å². The van der Waals surface area contributed by atoms with Crippen LogP contribution >= 0.6 is 11.3 Å². The summed E-state index contributed by atoms with van der Waals surface area (Å²) in [6.07, 6.45) is 1.90. The third kappa shape index (κ3) is 6.62. The summed E-state index contributed by atoms with van der Waals surface area (Å²) < 4.78 is 17.7. The molecule has 216 valence electrons. The highest BCUT2D eigenvalue weighted by atomic mass is 32.1. The van der Waals surface area contributed by atoms with Gasteiger partial charge in [0.05, 0.1) is 18.2 Å². The molecule has 10 nitrogen and oxygen atoms in total. The minimum atomic E-state index is -0.496. The minimum absolute atomic E-state index is 0.158. The Bertz CT molecular complexity index is 1440. The molecular weight excluding hydrogens is 544 g/mol. The van der Waals surface area contributed by atoms with Gasteiger partial charge in [0.25, 0.3) is 17.7 Å². The highest BCUT2D eigenvalue weighted by molar-refractivity contribution is 7.09. The van der Waals surface area contributed by atoms with Crippen LogP contribution in [0.4, 0.5) is 0 Å². The van der Waals surface area contributed by atoms with E-state index in [2.05, 4.69) is 22.5 Å². The molecule has 0 saturated carbocycles. The third-order valence-corrected chi connectivity index (χ3v) is 8.13. The molecule has 1 fully saturated rings. The van der Waals surface area contributed by atoms with E-state index in [0.29, 0.717) is 41.5 Å².